The van der Waals surface area contributed by atoms with Crippen LogP contribution in [0.3, 0.4) is 0 Å². The van der Waals surface area contributed by atoms with Crippen LogP contribution in [0.5, 0.6) is 0 Å². The summed E-state index contributed by atoms with van der Waals surface area (Å²) in [5.74, 6) is 0. The molecule has 0 unspecified atom stereocenters. The lowest BCUT2D eigenvalue weighted by Gasteiger charge is -2.31. The fraction of sp³-hybridized carbons (Fsp3) is 0. The normalized spacial score (nSPS) is 13.6. The van der Waals surface area contributed by atoms with Crippen molar-refractivity contribution < 1.29 is 14.0 Å². The summed E-state index contributed by atoms with van der Waals surface area (Å²) in [5.41, 5.74) is 6.22. The lowest BCUT2D eigenvalue weighted by atomic mass is 9.97. The van der Waals surface area contributed by atoms with E-state index in [0.717, 1.165) is 55.0 Å². The second-order valence-corrected chi connectivity index (χ2v) is 11.2. The van der Waals surface area contributed by atoms with Gasteiger partial charge in [-0.15, -0.1) is 0 Å². The molecule has 0 radical (unpaired) electrons. The van der Waals surface area contributed by atoms with Crippen molar-refractivity contribution >= 4 is 60.5 Å². The molecule has 0 atom stereocenters. The Kier molecular flexibility index (Phi) is 4.70. The van der Waals surface area contributed by atoms with E-state index in [2.05, 4.69) is 30.3 Å². The van der Waals surface area contributed by atoms with Gasteiger partial charge in [0.2, 0.25) is 0 Å². The van der Waals surface area contributed by atoms with Crippen LogP contribution in [0.1, 0.15) is 9.60 Å². The average molecular weight is 595 g/mol. The zero-order chi connectivity index (χ0) is 36.5. The number of furan rings is 1. The van der Waals surface area contributed by atoms with Gasteiger partial charge in [0.25, 0.3) is 0 Å². The second-order valence-electron chi connectivity index (χ2n) is 11.2. The number of anilines is 3. The zero-order valence-electron chi connectivity index (χ0n) is 31.6. The van der Waals surface area contributed by atoms with Gasteiger partial charge in [0.1, 0.15) is 11.2 Å². The van der Waals surface area contributed by atoms with Crippen LogP contribution in [0.4, 0.5) is 17.1 Å². The largest absolute Gasteiger partial charge is 0.455 e. The Hall–Kier alpha value is -6.12. The van der Waals surface area contributed by atoms with Crippen LogP contribution in [-0.2, 0) is 0 Å². The van der Waals surface area contributed by atoms with E-state index in [1.54, 1.807) is 0 Å². The fourth-order valence-corrected chi connectivity index (χ4v) is 6.45. The van der Waals surface area contributed by atoms with E-state index >= 15 is 0 Å². The number of benzene rings is 8. The maximum absolute atomic E-state index is 9.42. The summed E-state index contributed by atoms with van der Waals surface area (Å²) in [7, 11) is 0. The Morgan fingerprint density at radius 3 is 1.98 bits per heavy atom. The van der Waals surface area contributed by atoms with Gasteiger partial charge in [0, 0.05) is 32.7 Å². The highest BCUT2D eigenvalue weighted by atomic mass is 16.3. The predicted molar refractivity (Wildman–Crippen MR) is 194 cm³/mol. The van der Waals surface area contributed by atoms with Gasteiger partial charge < -0.3 is 9.32 Å². The quantitative estimate of drug-likeness (QED) is 0.197. The second kappa shape index (κ2) is 10.8. The van der Waals surface area contributed by atoms with E-state index in [-0.39, 0.29) is 28.5 Å². The molecule has 0 bridgehead atoms. The van der Waals surface area contributed by atoms with Crippen molar-refractivity contribution in [3.05, 3.63) is 176 Å². The van der Waals surface area contributed by atoms with Gasteiger partial charge in [-0.2, -0.15) is 0 Å². The van der Waals surface area contributed by atoms with Crippen LogP contribution in [0.2, 0.25) is 0 Å². The third-order valence-electron chi connectivity index (χ3n) is 8.56. The van der Waals surface area contributed by atoms with Crippen LogP contribution in [0.25, 0.3) is 65.7 Å². The molecule has 216 valence electrons. The monoisotopic (exact) mass is 594 g/mol. The van der Waals surface area contributed by atoms with Crippen molar-refractivity contribution in [1.82, 2.24) is 0 Å². The molecule has 9 rings (SSSR count). The van der Waals surface area contributed by atoms with Crippen LogP contribution >= 0.6 is 0 Å². The van der Waals surface area contributed by atoms with Gasteiger partial charge in [0.05, 0.1) is 26.7 Å². The first-order chi connectivity index (χ1) is 25.7. The van der Waals surface area contributed by atoms with Crippen molar-refractivity contribution in [3.63, 3.8) is 0 Å². The van der Waals surface area contributed by atoms with Crippen molar-refractivity contribution in [2.75, 3.05) is 4.90 Å². The van der Waals surface area contributed by atoms with E-state index in [1.807, 2.05) is 108 Å². The first kappa shape index (κ1) is 20.0. The van der Waals surface area contributed by atoms with Gasteiger partial charge in [-0.3, -0.25) is 0 Å². The molecule has 0 N–H and O–H groups in total. The topological polar surface area (TPSA) is 16.4 Å². The smallest absolute Gasteiger partial charge is 0.143 e. The summed E-state index contributed by atoms with van der Waals surface area (Å²) in [6.45, 7) is 0. The van der Waals surface area contributed by atoms with E-state index in [9.17, 15) is 1.37 Å². The van der Waals surface area contributed by atoms with E-state index in [1.165, 1.54) is 0 Å². The van der Waals surface area contributed by atoms with Crippen molar-refractivity contribution in [3.8, 4) is 22.3 Å². The van der Waals surface area contributed by atoms with Crippen LogP contribution in [-0.4, -0.2) is 0 Å². The molecule has 0 aliphatic rings. The number of rotatable bonds is 5. The molecule has 2 heteroatoms. The first-order valence-electron chi connectivity index (χ1n) is 18.6. The van der Waals surface area contributed by atoms with Crippen LogP contribution in [0, 0.1) is 0 Å². The molecule has 8 aromatic carbocycles. The molecule has 2 nitrogen and oxygen atoms in total. The van der Waals surface area contributed by atoms with Gasteiger partial charge in [-0.25, -0.2) is 0 Å². The molecule has 46 heavy (non-hydrogen) atoms. The van der Waals surface area contributed by atoms with Crippen molar-refractivity contribution in [2.45, 2.75) is 0 Å². The molecule has 9 aromatic rings. The van der Waals surface area contributed by atoms with Gasteiger partial charge in [-0.05, 0) is 58.3 Å². The number of nitrogens with zero attached hydrogens (tertiary/aromatic N) is 1. The highest BCUT2D eigenvalue weighted by Crippen LogP contribution is 2.47. The Balaban J connectivity index is 1.39. The molecule has 1 heterocycles. The average Bonchev–Trinajstić information content (AvgIpc) is 3.58. The third kappa shape index (κ3) is 4.27. The highest BCUT2D eigenvalue weighted by molar-refractivity contribution is 6.16. The predicted octanol–water partition coefficient (Wildman–Crippen LogP) is 12.7. The number of fused-ring (bicyclic) bond motifs is 6. The van der Waals surface area contributed by atoms with Crippen molar-refractivity contribution in [2.24, 2.45) is 0 Å². The lowest BCUT2D eigenvalue weighted by Crippen LogP contribution is -2.13. The number of hydrogen-bond donors (Lipinski definition) is 0. The molecule has 0 amide bonds. The molecule has 0 aliphatic carbocycles. The standard InChI is InChI=1S/C44H29NO/c1-2-13-30(14-3-1)34-19-8-10-22-40(34)45(42-24-12-17-31-15-4-6-18-35(31)42)41-23-11-9-20-36(41)33-26-28-43-39(29-33)38-27-25-32-16-5-7-21-37(32)44(38)46-43/h1-29H/i4D,6D,12D,15D,17D,18D,24D. The van der Waals surface area contributed by atoms with Crippen LogP contribution < -0.4 is 4.90 Å². The summed E-state index contributed by atoms with van der Waals surface area (Å²) < 4.78 is 68.7. The minimum absolute atomic E-state index is 0.00262. The number of hydrogen-bond acceptors (Lipinski definition) is 2. The Morgan fingerprint density at radius 1 is 0.435 bits per heavy atom. The van der Waals surface area contributed by atoms with E-state index < -0.39 is 30.2 Å². The number of para-hydroxylation sites is 2. The molecule has 0 saturated heterocycles. The fourth-order valence-electron chi connectivity index (χ4n) is 6.45. The Morgan fingerprint density at radius 2 is 1.13 bits per heavy atom. The van der Waals surface area contributed by atoms with Crippen LogP contribution in [0.15, 0.2) is 180 Å². The SMILES string of the molecule is [2H]c1c([2H])c([2H])c2c(N(c3ccccc3-c3ccccc3)c3ccccc3-c3ccc4oc5c6ccccc6ccc5c4c3)c([2H])c([2H])c([2H])c2c1[2H]. The maximum Gasteiger partial charge on any atom is 0.143 e. The molecule has 0 saturated carbocycles. The summed E-state index contributed by atoms with van der Waals surface area (Å²) in [6, 6.07) is 40.5. The summed E-state index contributed by atoms with van der Waals surface area (Å²) in [5, 5.41) is 3.91. The minimum atomic E-state index is -0.496. The summed E-state index contributed by atoms with van der Waals surface area (Å²) in [4.78, 5) is 1.82. The summed E-state index contributed by atoms with van der Waals surface area (Å²) in [6.07, 6.45) is 0. The van der Waals surface area contributed by atoms with E-state index in [4.69, 9.17) is 12.6 Å². The van der Waals surface area contributed by atoms with Gasteiger partial charge >= 0.3 is 0 Å². The maximum atomic E-state index is 9.42. The Labute approximate surface area is 277 Å². The van der Waals surface area contributed by atoms with Gasteiger partial charge in [-0.1, -0.05) is 139 Å². The lowest BCUT2D eigenvalue weighted by molar-refractivity contribution is 0.672. The molecular formula is C44H29NO. The molecule has 0 aliphatic heterocycles. The minimum Gasteiger partial charge on any atom is -0.455 e. The Bertz CT molecular complexity index is 2930. The first-order valence-corrected chi connectivity index (χ1v) is 15.1. The molecule has 0 fully saturated rings. The van der Waals surface area contributed by atoms with Gasteiger partial charge in [0.15, 0.2) is 0 Å². The molecular weight excluding hydrogens is 558 g/mol. The zero-order valence-corrected chi connectivity index (χ0v) is 24.6. The van der Waals surface area contributed by atoms with E-state index in [0.29, 0.717) is 11.4 Å². The molecule has 0 spiro atoms. The third-order valence-corrected chi connectivity index (χ3v) is 8.56. The highest BCUT2D eigenvalue weighted by Gasteiger charge is 2.22. The molecule has 1 aromatic heterocycles. The van der Waals surface area contributed by atoms with Crippen molar-refractivity contribution in [1.29, 1.82) is 0 Å². The summed E-state index contributed by atoms with van der Waals surface area (Å²) >= 11 is 0.